The van der Waals surface area contributed by atoms with E-state index in [9.17, 15) is 0 Å². The molecular weight excluding hydrogens is 110 g/mol. The van der Waals surface area contributed by atoms with Gasteiger partial charge in [0.1, 0.15) is 0 Å². The van der Waals surface area contributed by atoms with Crippen LogP contribution in [0, 0.1) is 0 Å². The second kappa shape index (κ2) is 4.07. The molecule has 0 aromatic rings. The molecule has 0 aliphatic carbocycles. The first-order valence-electron chi connectivity index (χ1n) is 2.97. The Kier molecular flexibility index (Phi) is 3.69. The lowest BCUT2D eigenvalue weighted by molar-refractivity contribution is 1.39. The third-order valence-corrected chi connectivity index (χ3v) is 0.792. The molecule has 0 heterocycles. The summed E-state index contributed by atoms with van der Waals surface area (Å²) in [6.45, 7) is 9.53. The summed E-state index contributed by atoms with van der Waals surface area (Å²) >= 11 is 0. The third kappa shape index (κ3) is 5.01. The SMILES string of the molecule is C=C/N=C(/C)C=C(C)C. The van der Waals surface area contributed by atoms with Crippen LogP contribution in [0.3, 0.4) is 0 Å². The summed E-state index contributed by atoms with van der Waals surface area (Å²) in [6.07, 6.45) is 3.57. The van der Waals surface area contributed by atoms with Gasteiger partial charge in [0.2, 0.25) is 0 Å². The fourth-order valence-corrected chi connectivity index (χ4v) is 0.599. The smallest absolute Gasteiger partial charge is 0.0371 e. The molecule has 0 saturated carbocycles. The first-order chi connectivity index (χ1) is 4.16. The Morgan fingerprint density at radius 3 is 2.22 bits per heavy atom. The molecule has 0 amide bonds. The minimum absolute atomic E-state index is 1.00. The van der Waals surface area contributed by atoms with Crippen molar-refractivity contribution in [3.05, 3.63) is 24.4 Å². The molecule has 1 nitrogen and oxygen atoms in total. The Bertz CT molecular complexity index is 148. The average molecular weight is 123 g/mol. The first-order valence-corrected chi connectivity index (χ1v) is 2.97. The Labute approximate surface area is 56.8 Å². The maximum Gasteiger partial charge on any atom is 0.0371 e. The summed E-state index contributed by atoms with van der Waals surface area (Å²) in [5, 5.41) is 0. The minimum atomic E-state index is 1.00. The highest BCUT2D eigenvalue weighted by molar-refractivity contribution is 5.93. The Morgan fingerprint density at radius 2 is 1.89 bits per heavy atom. The van der Waals surface area contributed by atoms with Crippen LogP contribution in [0.25, 0.3) is 0 Å². The lowest BCUT2D eigenvalue weighted by Gasteiger charge is -1.88. The van der Waals surface area contributed by atoms with Crippen LogP contribution in [0.1, 0.15) is 20.8 Å². The summed E-state index contributed by atoms with van der Waals surface area (Å²) in [7, 11) is 0. The Balaban J connectivity index is 4.05. The maximum atomic E-state index is 3.97. The molecule has 50 valence electrons. The maximum absolute atomic E-state index is 3.97. The fourth-order valence-electron chi connectivity index (χ4n) is 0.599. The molecule has 0 unspecified atom stereocenters. The standard InChI is InChI=1S/C8H13N/c1-5-9-8(4)6-7(2)3/h5-6H,1H2,2-4H3/b9-8-. The van der Waals surface area contributed by atoms with E-state index >= 15 is 0 Å². The topological polar surface area (TPSA) is 12.4 Å². The van der Waals surface area contributed by atoms with E-state index in [1.54, 1.807) is 6.20 Å². The molecule has 0 aliphatic heterocycles. The van der Waals surface area contributed by atoms with Crippen LogP contribution in [0.5, 0.6) is 0 Å². The van der Waals surface area contributed by atoms with Gasteiger partial charge in [-0.3, -0.25) is 4.99 Å². The number of allylic oxidation sites excluding steroid dienone is 2. The van der Waals surface area contributed by atoms with E-state index in [1.807, 2.05) is 26.8 Å². The summed E-state index contributed by atoms with van der Waals surface area (Å²) in [4.78, 5) is 3.97. The van der Waals surface area contributed by atoms with Gasteiger partial charge >= 0.3 is 0 Å². The fraction of sp³-hybridized carbons (Fsp3) is 0.375. The van der Waals surface area contributed by atoms with Crippen molar-refractivity contribution in [1.82, 2.24) is 0 Å². The molecule has 0 aliphatic rings. The van der Waals surface area contributed by atoms with Gasteiger partial charge in [0, 0.05) is 11.9 Å². The molecule has 0 N–H and O–H groups in total. The predicted molar refractivity (Wildman–Crippen MR) is 42.7 cm³/mol. The van der Waals surface area contributed by atoms with Crippen molar-refractivity contribution in [3.63, 3.8) is 0 Å². The van der Waals surface area contributed by atoms with Crippen LogP contribution in [0.2, 0.25) is 0 Å². The number of nitrogens with zero attached hydrogens (tertiary/aromatic N) is 1. The Morgan fingerprint density at radius 1 is 1.33 bits per heavy atom. The van der Waals surface area contributed by atoms with Gasteiger partial charge in [-0.1, -0.05) is 12.2 Å². The van der Waals surface area contributed by atoms with Gasteiger partial charge in [-0.25, -0.2) is 0 Å². The Hall–Kier alpha value is -0.850. The number of hydrogen-bond donors (Lipinski definition) is 0. The quantitative estimate of drug-likeness (QED) is 0.500. The van der Waals surface area contributed by atoms with Crippen molar-refractivity contribution in [2.45, 2.75) is 20.8 Å². The third-order valence-electron chi connectivity index (χ3n) is 0.792. The van der Waals surface area contributed by atoms with Crippen LogP contribution in [0.4, 0.5) is 0 Å². The van der Waals surface area contributed by atoms with Crippen molar-refractivity contribution in [2.24, 2.45) is 4.99 Å². The molecule has 1 heteroatoms. The lowest BCUT2D eigenvalue weighted by atomic mass is 10.2. The van der Waals surface area contributed by atoms with Crippen LogP contribution in [0.15, 0.2) is 29.4 Å². The molecule has 0 spiro atoms. The molecule has 0 aromatic carbocycles. The van der Waals surface area contributed by atoms with Crippen molar-refractivity contribution in [2.75, 3.05) is 0 Å². The normalized spacial score (nSPS) is 10.8. The van der Waals surface area contributed by atoms with Gasteiger partial charge in [-0.2, -0.15) is 0 Å². The van der Waals surface area contributed by atoms with Gasteiger partial charge in [0.05, 0.1) is 0 Å². The van der Waals surface area contributed by atoms with Crippen molar-refractivity contribution < 1.29 is 0 Å². The second-order valence-corrected chi connectivity index (χ2v) is 2.17. The molecule has 0 fully saturated rings. The van der Waals surface area contributed by atoms with Crippen molar-refractivity contribution >= 4 is 5.71 Å². The van der Waals surface area contributed by atoms with Crippen LogP contribution in [-0.4, -0.2) is 5.71 Å². The van der Waals surface area contributed by atoms with E-state index in [1.165, 1.54) is 5.57 Å². The van der Waals surface area contributed by atoms with E-state index in [-0.39, 0.29) is 0 Å². The van der Waals surface area contributed by atoms with Gasteiger partial charge in [0.25, 0.3) is 0 Å². The van der Waals surface area contributed by atoms with Crippen molar-refractivity contribution in [1.29, 1.82) is 0 Å². The molecule has 0 radical (unpaired) electrons. The van der Waals surface area contributed by atoms with Gasteiger partial charge < -0.3 is 0 Å². The molecule has 0 atom stereocenters. The molecule has 9 heavy (non-hydrogen) atoms. The van der Waals surface area contributed by atoms with Crippen molar-refractivity contribution in [3.8, 4) is 0 Å². The van der Waals surface area contributed by atoms with Gasteiger partial charge in [-0.05, 0) is 26.8 Å². The first kappa shape index (κ1) is 8.15. The molecule has 0 saturated heterocycles. The predicted octanol–water partition coefficient (Wildman–Crippen LogP) is 2.56. The van der Waals surface area contributed by atoms with Gasteiger partial charge in [-0.15, -0.1) is 0 Å². The van der Waals surface area contributed by atoms with E-state index in [0.717, 1.165) is 5.71 Å². The summed E-state index contributed by atoms with van der Waals surface area (Å²) in [5.41, 5.74) is 2.27. The van der Waals surface area contributed by atoms with Crippen LogP contribution < -0.4 is 0 Å². The highest BCUT2D eigenvalue weighted by Gasteiger charge is 1.80. The highest BCUT2D eigenvalue weighted by Crippen LogP contribution is 1.90. The molecule has 0 bridgehead atoms. The summed E-state index contributed by atoms with van der Waals surface area (Å²) in [5.74, 6) is 0. The van der Waals surface area contributed by atoms with E-state index in [4.69, 9.17) is 0 Å². The summed E-state index contributed by atoms with van der Waals surface area (Å²) in [6, 6.07) is 0. The van der Waals surface area contributed by atoms with Gasteiger partial charge in [0.15, 0.2) is 0 Å². The van der Waals surface area contributed by atoms with E-state index in [2.05, 4.69) is 11.6 Å². The highest BCUT2D eigenvalue weighted by atomic mass is 14.7. The van der Waals surface area contributed by atoms with Crippen LogP contribution >= 0.6 is 0 Å². The number of hydrogen-bond acceptors (Lipinski definition) is 1. The zero-order chi connectivity index (χ0) is 7.28. The number of rotatable bonds is 2. The van der Waals surface area contributed by atoms with E-state index in [0.29, 0.717) is 0 Å². The molecule has 0 aromatic heterocycles. The largest absolute Gasteiger partial charge is 0.262 e. The van der Waals surface area contributed by atoms with Crippen LogP contribution in [-0.2, 0) is 0 Å². The number of aliphatic imine (C=N–C) groups is 1. The molecular formula is C8H13N. The average Bonchev–Trinajstić information content (AvgIpc) is 1.63. The summed E-state index contributed by atoms with van der Waals surface area (Å²) < 4.78 is 0. The molecule has 0 rings (SSSR count). The van der Waals surface area contributed by atoms with E-state index < -0.39 is 0 Å². The zero-order valence-corrected chi connectivity index (χ0v) is 6.31. The zero-order valence-electron chi connectivity index (χ0n) is 6.31. The second-order valence-electron chi connectivity index (χ2n) is 2.17. The monoisotopic (exact) mass is 123 g/mol. The minimum Gasteiger partial charge on any atom is -0.262 e. The lowest BCUT2D eigenvalue weighted by Crippen LogP contribution is -1.82.